The Kier molecular flexibility index (Phi) is 4.93. The third kappa shape index (κ3) is 4.65. The van der Waals surface area contributed by atoms with E-state index >= 15 is 0 Å². The molecule has 1 aromatic carbocycles. The highest BCUT2D eigenvalue weighted by atomic mass is 16.4. The minimum atomic E-state index is -0.740. The molecule has 19 heavy (non-hydrogen) atoms. The van der Waals surface area contributed by atoms with Gasteiger partial charge in [-0.3, -0.25) is 9.69 Å². The fraction of sp³-hybridized carbons (Fsp3) is 0.533. The van der Waals surface area contributed by atoms with E-state index in [4.69, 9.17) is 5.11 Å². The number of benzene rings is 1. The lowest BCUT2D eigenvalue weighted by Crippen LogP contribution is -2.49. The summed E-state index contributed by atoms with van der Waals surface area (Å²) in [6.07, 6.45) is 1.11. The molecule has 2 rings (SSSR count). The molecule has 0 amide bonds. The van der Waals surface area contributed by atoms with Gasteiger partial charge in [0.2, 0.25) is 0 Å². The monoisotopic (exact) mass is 262 g/mol. The molecule has 1 aliphatic rings. The van der Waals surface area contributed by atoms with Gasteiger partial charge in [-0.2, -0.15) is 0 Å². The lowest BCUT2D eigenvalue weighted by atomic mass is 9.95. The van der Waals surface area contributed by atoms with Crippen molar-refractivity contribution in [2.45, 2.75) is 25.9 Å². The van der Waals surface area contributed by atoms with Crippen LogP contribution in [0.4, 0.5) is 0 Å². The molecular weight excluding hydrogens is 240 g/mol. The first kappa shape index (κ1) is 14.0. The molecule has 0 aliphatic carbocycles. The summed E-state index contributed by atoms with van der Waals surface area (Å²) in [7, 11) is 0. The average Bonchev–Trinajstić information content (AvgIpc) is 2.36. The molecule has 104 valence electrons. The Bertz CT molecular complexity index is 408. The second-order valence-corrected chi connectivity index (χ2v) is 5.49. The summed E-state index contributed by atoms with van der Waals surface area (Å²) < 4.78 is 0. The molecule has 1 heterocycles. The van der Waals surface area contributed by atoms with Gasteiger partial charge in [-0.15, -0.1) is 0 Å². The van der Waals surface area contributed by atoms with Gasteiger partial charge in [-0.1, -0.05) is 37.3 Å². The molecule has 2 unspecified atom stereocenters. The van der Waals surface area contributed by atoms with Crippen LogP contribution in [0.2, 0.25) is 0 Å². The number of nitrogens with zero attached hydrogens (tertiary/aromatic N) is 1. The van der Waals surface area contributed by atoms with Crippen molar-refractivity contribution < 1.29 is 9.90 Å². The first-order valence-electron chi connectivity index (χ1n) is 6.85. The van der Waals surface area contributed by atoms with E-state index in [2.05, 4.69) is 24.4 Å². The number of rotatable bonds is 5. The van der Waals surface area contributed by atoms with E-state index in [9.17, 15) is 4.79 Å². The third-order valence-corrected chi connectivity index (χ3v) is 3.53. The maximum Gasteiger partial charge on any atom is 0.317 e. The Balaban J connectivity index is 1.84. The highest BCUT2D eigenvalue weighted by Gasteiger charge is 2.25. The van der Waals surface area contributed by atoms with Gasteiger partial charge in [0.15, 0.2) is 0 Å². The summed E-state index contributed by atoms with van der Waals surface area (Å²) in [5.41, 5.74) is 1.27. The van der Waals surface area contributed by atoms with Crippen molar-refractivity contribution in [2.75, 3.05) is 19.6 Å². The number of likely N-dealkylation sites (tertiary alicyclic amines) is 1. The van der Waals surface area contributed by atoms with Gasteiger partial charge in [-0.25, -0.2) is 0 Å². The topological polar surface area (TPSA) is 52.6 Å². The first-order chi connectivity index (χ1) is 9.13. The predicted octanol–water partition coefficient (Wildman–Crippen LogP) is 1.57. The van der Waals surface area contributed by atoms with Crippen molar-refractivity contribution in [2.24, 2.45) is 5.92 Å². The van der Waals surface area contributed by atoms with Crippen LogP contribution in [0.1, 0.15) is 18.9 Å². The lowest BCUT2D eigenvalue weighted by Gasteiger charge is -2.36. The van der Waals surface area contributed by atoms with Gasteiger partial charge < -0.3 is 10.4 Å². The zero-order valence-corrected chi connectivity index (χ0v) is 11.4. The summed E-state index contributed by atoms with van der Waals surface area (Å²) >= 11 is 0. The maximum atomic E-state index is 10.8. The first-order valence-corrected chi connectivity index (χ1v) is 6.85. The minimum absolute atomic E-state index is 0.147. The summed E-state index contributed by atoms with van der Waals surface area (Å²) in [6.45, 7) is 4.89. The van der Waals surface area contributed by atoms with Crippen molar-refractivity contribution >= 4 is 5.97 Å². The Labute approximate surface area is 114 Å². The van der Waals surface area contributed by atoms with Crippen molar-refractivity contribution in [3.63, 3.8) is 0 Å². The van der Waals surface area contributed by atoms with E-state index in [1.165, 1.54) is 5.56 Å². The fourth-order valence-electron chi connectivity index (χ4n) is 2.79. The van der Waals surface area contributed by atoms with Gasteiger partial charge in [0.1, 0.15) is 0 Å². The molecule has 0 spiro atoms. The normalized spacial score (nSPS) is 24.3. The van der Waals surface area contributed by atoms with Crippen LogP contribution in [-0.4, -0.2) is 41.7 Å². The number of nitrogens with one attached hydrogen (secondary N) is 1. The Morgan fingerprint density at radius 2 is 2.11 bits per heavy atom. The van der Waals surface area contributed by atoms with Crippen LogP contribution in [0.3, 0.4) is 0 Å². The molecule has 0 radical (unpaired) electrons. The summed E-state index contributed by atoms with van der Waals surface area (Å²) in [4.78, 5) is 12.8. The smallest absolute Gasteiger partial charge is 0.317 e. The molecule has 0 saturated carbocycles. The molecule has 1 aliphatic heterocycles. The Hall–Kier alpha value is -1.39. The van der Waals surface area contributed by atoms with Crippen LogP contribution >= 0.6 is 0 Å². The van der Waals surface area contributed by atoms with Crippen molar-refractivity contribution in [3.8, 4) is 0 Å². The number of hydrogen-bond donors (Lipinski definition) is 2. The second kappa shape index (κ2) is 6.68. The van der Waals surface area contributed by atoms with Crippen LogP contribution in [0.25, 0.3) is 0 Å². The standard InChI is InChI=1S/C15H22N2O2/c1-12-7-14(10-17(9-12)11-15(18)19)16-8-13-5-3-2-4-6-13/h2-6,12,14,16H,7-11H2,1H3,(H,18,19). The van der Waals surface area contributed by atoms with Crippen molar-refractivity contribution in [1.29, 1.82) is 0 Å². The molecular formula is C15H22N2O2. The van der Waals surface area contributed by atoms with Crippen LogP contribution in [0, 0.1) is 5.92 Å². The maximum absolute atomic E-state index is 10.8. The molecule has 2 N–H and O–H groups in total. The van der Waals surface area contributed by atoms with Crippen LogP contribution in [0.5, 0.6) is 0 Å². The van der Waals surface area contributed by atoms with E-state index in [0.29, 0.717) is 12.0 Å². The molecule has 0 aromatic heterocycles. The number of carbonyl (C=O) groups is 1. The molecule has 1 aromatic rings. The van der Waals surface area contributed by atoms with Gasteiger partial charge in [0.25, 0.3) is 0 Å². The van der Waals surface area contributed by atoms with Gasteiger partial charge in [0.05, 0.1) is 6.54 Å². The summed E-state index contributed by atoms with van der Waals surface area (Å²) in [6, 6.07) is 10.7. The summed E-state index contributed by atoms with van der Waals surface area (Å²) in [5, 5.41) is 12.4. The molecule has 0 bridgehead atoms. The average molecular weight is 262 g/mol. The summed E-state index contributed by atoms with van der Waals surface area (Å²) in [5.74, 6) is -0.197. The minimum Gasteiger partial charge on any atom is -0.480 e. The molecule has 1 saturated heterocycles. The van der Waals surface area contributed by atoms with Crippen LogP contribution in [-0.2, 0) is 11.3 Å². The Morgan fingerprint density at radius 1 is 1.37 bits per heavy atom. The number of piperidine rings is 1. The fourth-order valence-corrected chi connectivity index (χ4v) is 2.79. The number of hydrogen-bond acceptors (Lipinski definition) is 3. The van der Waals surface area contributed by atoms with Crippen molar-refractivity contribution in [3.05, 3.63) is 35.9 Å². The zero-order valence-electron chi connectivity index (χ0n) is 11.4. The quantitative estimate of drug-likeness (QED) is 0.846. The highest BCUT2D eigenvalue weighted by molar-refractivity contribution is 5.69. The molecule has 1 fully saturated rings. The predicted molar refractivity (Wildman–Crippen MR) is 74.9 cm³/mol. The number of carboxylic acids is 1. The molecule has 4 heteroatoms. The van der Waals surface area contributed by atoms with E-state index < -0.39 is 5.97 Å². The van der Waals surface area contributed by atoms with Crippen LogP contribution < -0.4 is 5.32 Å². The van der Waals surface area contributed by atoms with Gasteiger partial charge in [0, 0.05) is 25.7 Å². The number of carboxylic acid groups (broad SMARTS) is 1. The van der Waals surface area contributed by atoms with Gasteiger partial charge >= 0.3 is 5.97 Å². The largest absolute Gasteiger partial charge is 0.480 e. The molecule has 2 atom stereocenters. The zero-order chi connectivity index (χ0) is 13.7. The van der Waals surface area contributed by atoms with E-state index in [0.717, 1.165) is 26.1 Å². The van der Waals surface area contributed by atoms with Gasteiger partial charge in [-0.05, 0) is 17.9 Å². The van der Waals surface area contributed by atoms with E-state index in [1.807, 2.05) is 23.1 Å². The van der Waals surface area contributed by atoms with Crippen LogP contribution in [0.15, 0.2) is 30.3 Å². The SMILES string of the molecule is CC1CC(NCc2ccccc2)CN(CC(=O)O)C1. The Morgan fingerprint density at radius 3 is 2.79 bits per heavy atom. The highest BCUT2D eigenvalue weighted by Crippen LogP contribution is 2.16. The van der Waals surface area contributed by atoms with E-state index in [-0.39, 0.29) is 6.54 Å². The second-order valence-electron chi connectivity index (χ2n) is 5.49. The molecule has 4 nitrogen and oxygen atoms in total. The van der Waals surface area contributed by atoms with Crippen molar-refractivity contribution in [1.82, 2.24) is 10.2 Å². The number of aliphatic carboxylic acids is 1. The third-order valence-electron chi connectivity index (χ3n) is 3.53. The lowest BCUT2D eigenvalue weighted by molar-refractivity contribution is -0.138. The van der Waals surface area contributed by atoms with E-state index in [1.54, 1.807) is 0 Å².